The van der Waals surface area contributed by atoms with E-state index in [1.807, 2.05) is 34.9 Å². The fourth-order valence-corrected chi connectivity index (χ4v) is 3.87. The van der Waals surface area contributed by atoms with Gasteiger partial charge in [-0.2, -0.15) is 4.57 Å². The number of carbonyl (C=O) groups excluding carboxylic acids is 2. The fraction of sp³-hybridized carbons (Fsp3) is 0.240. The third-order valence-corrected chi connectivity index (χ3v) is 5.23. The molecule has 0 aliphatic heterocycles. The number of aromatic nitrogens is 1. The lowest BCUT2D eigenvalue weighted by atomic mass is 9.91. The highest BCUT2D eigenvalue weighted by Gasteiger charge is 2.35. The molecule has 0 aliphatic rings. The van der Waals surface area contributed by atoms with Gasteiger partial charge < -0.3 is 9.47 Å². The van der Waals surface area contributed by atoms with Crippen molar-refractivity contribution in [3.05, 3.63) is 87.2 Å². The summed E-state index contributed by atoms with van der Waals surface area (Å²) in [6, 6.07) is 15.0. The van der Waals surface area contributed by atoms with Crippen LogP contribution in [0.25, 0.3) is 16.8 Å². The molecule has 0 radical (unpaired) electrons. The standard InChI is InChI=1S/C25H25N2O6/c1-5-32-24(28)21-16(3)26(19-10-8-7-9-11-19)17(4)22(25(29)33-6-2)23(21)18-12-14-20(15-13-18)27(30)31/h7-15H,5-6H2,1-4H3/q+1. The Morgan fingerprint density at radius 1 is 0.848 bits per heavy atom. The highest BCUT2D eigenvalue weighted by atomic mass is 16.6. The van der Waals surface area contributed by atoms with Crippen LogP contribution in [0.5, 0.6) is 0 Å². The molecule has 1 heterocycles. The largest absolute Gasteiger partial charge is 0.462 e. The van der Waals surface area contributed by atoms with Crippen LogP contribution in [0.15, 0.2) is 54.6 Å². The van der Waals surface area contributed by atoms with Gasteiger partial charge in [0.25, 0.3) is 5.69 Å². The third-order valence-electron chi connectivity index (χ3n) is 5.23. The Morgan fingerprint density at radius 2 is 1.33 bits per heavy atom. The summed E-state index contributed by atoms with van der Waals surface area (Å²) in [5.41, 5.74) is 2.99. The molecule has 0 atom stereocenters. The van der Waals surface area contributed by atoms with E-state index in [2.05, 4.69) is 0 Å². The van der Waals surface area contributed by atoms with E-state index in [1.165, 1.54) is 24.3 Å². The predicted octanol–water partition coefficient (Wildman–Crippen LogP) is 4.51. The monoisotopic (exact) mass is 449 g/mol. The first-order valence-corrected chi connectivity index (χ1v) is 10.5. The molecule has 0 aliphatic carbocycles. The summed E-state index contributed by atoms with van der Waals surface area (Å²) < 4.78 is 12.5. The lowest BCUT2D eigenvalue weighted by molar-refractivity contribution is -0.609. The van der Waals surface area contributed by atoms with Gasteiger partial charge in [0.2, 0.25) is 5.69 Å². The lowest BCUT2D eigenvalue weighted by Gasteiger charge is -2.18. The molecule has 170 valence electrons. The van der Waals surface area contributed by atoms with Gasteiger partial charge in [-0.1, -0.05) is 18.2 Å². The van der Waals surface area contributed by atoms with Crippen molar-refractivity contribution < 1.29 is 28.6 Å². The zero-order valence-corrected chi connectivity index (χ0v) is 19.0. The molecule has 0 saturated heterocycles. The average Bonchev–Trinajstić information content (AvgIpc) is 2.79. The van der Waals surface area contributed by atoms with Crippen molar-refractivity contribution in [1.82, 2.24) is 0 Å². The first-order chi connectivity index (χ1) is 15.8. The van der Waals surface area contributed by atoms with Crippen molar-refractivity contribution in [1.29, 1.82) is 0 Å². The lowest BCUT2D eigenvalue weighted by Crippen LogP contribution is -2.42. The molecule has 2 aromatic carbocycles. The van der Waals surface area contributed by atoms with E-state index in [1.54, 1.807) is 27.7 Å². The minimum atomic E-state index is -0.599. The number of ether oxygens (including phenoxy) is 2. The van der Waals surface area contributed by atoms with Crippen LogP contribution in [-0.4, -0.2) is 30.1 Å². The summed E-state index contributed by atoms with van der Waals surface area (Å²) in [5.74, 6) is -1.20. The van der Waals surface area contributed by atoms with Gasteiger partial charge in [-0.05, 0) is 31.5 Å². The number of carbonyl (C=O) groups is 2. The Kier molecular flexibility index (Phi) is 7.17. The molecule has 33 heavy (non-hydrogen) atoms. The fourth-order valence-electron chi connectivity index (χ4n) is 3.87. The third kappa shape index (κ3) is 4.59. The second kappa shape index (κ2) is 10.0. The van der Waals surface area contributed by atoms with Crippen molar-refractivity contribution in [3.63, 3.8) is 0 Å². The number of hydrogen-bond acceptors (Lipinski definition) is 6. The number of pyridine rings is 1. The Labute approximate surface area is 191 Å². The van der Waals surface area contributed by atoms with E-state index >= 15 is 0 Å². The predicted molar refractivity (Wildman–Crippen MR) is 121 cm³/mol. The molecular formula is C25H25N2O6+. The molecule has 0 fully saturated rings. The van der Waals surface area contributed by atoms with Gasteiger partial charge in [-0.15, -0.1) is 0 Å². The van der Waals surface area contributed by atoms with E-state index in [-0.39, 0.29) is 30.0 Å². The average molecular weight is 449 g/mol. The number of para-hydroxylation sites is 1. The second-order valence-electron chi connectivity index (χ2n) is 7.21. The number of esters is 2. The van der Waals surface area contributed by atoms with E-state index in [0.717, 1.165) is 5.69 Å². The number of benzene rings is 2. The van der Waals surface area contributed by atoms with Gasteiger partial charge in [0.05, 0.1) is 18.1 Å². The van der Waals surface area contributed by atoms with E-state index in [4.69, 9.17) is 9.47 Å². The quantitative estimate of drug-likeness (QED) is 0.228. The topological polar surface area (TPSA) is 99.6 Å². The van der Waals surface area contributed by atoms with E-state index < -0.39 is 16.9 Å². The molecule has 8 heteroatoms. The Bertz CT molecular complexity index is 1160. The number of nitrogens with zero attached hydrogens (tertiary/aromatic N) is 2. The number of nitro groups is 1. The number of non-ortho nitro benzene ring substituents is 1. The van der Waals surface area contributed by atoms with Gasteiger partial charge in [-0.3, -0.25) is 10.1 Å². The van der Waals surface area contributed by atoms with Crippen molar-refractivity contribution in [2.75, 3.05) is 13.2 Å². The van der Waals surface area contributed by atoms with Crippen LogP contribution in [0.4, 0.5) is 5.69 Å². The summed E-state index contributed by atoms with van der Waals surface area (Å²) >= 11 is 0. The SMILES string of the molecule is CCOC(=O)c1c(-c2ccc([N+](=O)[O-])cc2)c(C(=O)OCC)c(C)[n+](-c2ccccc2)c1C. The van der Waals surface area contributed by atoms with Crippen LogP contribution in [0.1, 0.15) is 46.0 Å². The number of nitro benzene ring substituents is 1. The van der Waals surface area contributed by atoms with Crippen LogP contribution in [0.3, 0.4) is 0 Å². The van der Waals surface area contributed by atoms with Crippen LogP contribution in [0, 0.1) is 24.0 Å². The van der Waals surface area contributed by atoms with Crippen molar-refractivity contribution in [3.8, 4) is 16.8 Å². The maximum atomic E-state index is 13.2. The zero-order valence-electron chi connectivity index (χ0n) is 19.0. The van der Waals surface area contributed by atoms with Crippen LogP contribution in [-0.2, 0) is 9.47 Å². The molecule has 0 unspecified atom stereocenters. The first-order valence-electron chi connectivity index (χ1n) is 10.5. The molecule has 3 aromatic rings. The highest BCUT2D eigenvalue weighted by Crippen LogP contribution is 2.33. The summed E-state index contributed by atoms with van der Waals surface area (Å²) in [7, 11) is 0. The molecule has 0 bridgehead atoms. The van der Waals surface area contributed by atoms with Crippen LogP contribution in [0.2, 0.25) is 0 Å². The van der Waals surface area contributed by atoms with Crippen LogP contribution >= 0.6 is 0 Å². The van der Waals surface area contributed by atoms with Gasteiger partial charge in [0.1, 0.15) is 11.1 Å². The molecule has 0 saturated carbocycles. The number of hydrogen-bond donors (Lipinski definition) is 0. The molecule has 8 nitrogen and oxygen atoms in total. The van der Waals surface area contributed by atoms with Gasteiger partial charge in [-0.25, -0.2) is 9.59 Å². The summed E-state index contributed by atoms with van der Waals surface area (Å²) in [6.45, 7) is 7.24. The minimum absolute atomic E-state index is 0.0992. The maximum Gasteiger partial charge on any atom is 0.345 e. The Hall–Kier alpha value is -4.07. The summed E-state index contributed by atoms with van der Waals surface area (Å²) in [4.78, 5) is 37.0. The molecule has 0 amide bonds. The molecule has 0 N–H and O–H groups in total. The summed E-state index contributed by atoms with van der Waals surface area (Å²) in [5, 5.41) is 11.1. The summed E-state index contributed by atoms with van der Waals surface area (Å²) in [6.07, 6.45) is 0. The maximum absolute atomic E-state index is 13.2. The van der Waals surface area contributed by atoms with E-state index in [0.29, 0.717) is 22.5 Å². The Balaban J connectivity index is 2.46. The van der Waals surface area contributed by atoms with Gasteiger partial charge in [0, 0.05) is 43.7 Å². The van der Waals surface area contributed by atoms with Crippen LogP contribution < -0.4 is 4.57 Å². The minimum Gasteiger partial charge on any atom is -0.462 e. The van der Waals surface area contributed by atoms with Gasteiger partial charge in [0.15, 0.2) is 11.4 Å². The second-order valence-corrected chi connectivity index (χ2v) is 7.21. The number of rotatable bonds is 7. The van der Waals surface area contributed by atoms with Crippen molar-refractivity contribution >= 4 is 17.6 Å². The molecule has 3 rings (SSSR count). The molecule has 0 spiro atoms. The molecular weight excluding hydrogens is 424 g/mol. The van der Waals surface area contributed by atoms with Crippen molar-refractivity contribution in [2.24, 2.45) is 0 Å². The smallest absolute Gasteiger partial charge is 0.345 e. The molecule has 1 aromatic heterocycles. The van der Waals surface area contributed by atoms with Crippen molar-refractivity contribution in [2.45, 2.75) is 27.7 Å². The first kappa shape index (κ1) is 23.6. The normalized spacial score (nSPS) is 10.5. The van der Waals surface area contributed by atoms with E-state index in [9.17, 15) is 19.7 Å². The zero-order chi connectivity index (χ0) is 24.1. The highest BCUT2D eigenvalue weighted by molar-refractivity contribution is 6.06. The Morgan fingerprint density at radius 3 is 1.76 bits per heavy atom. The van der Waals surface area contributed by atoms with Gasteiger partial charge >= 0.3 is 11.9 Å².